The maximum Gasteiger partial charge on any atom is 0.328 e. The average Bonchev–Trinajstić information content (AvgIpc) is 2.75. The summed E-state index contributed by atoms with van der Waals surface area (Å²) in [4.78, 5) is 26.9. The van der Waals surface area contributed by atoms with Crippen LogP contribution < -0.4 is 5.32 Å². The molecule has 18 heavy (non-hydrogen) atoms. The highest BCUT2D eigenvalue weighted by Gasteiger charge is 2.15. The lowest BCUT2D eigenvalue weighted by Crippen LogP contribution is -2.21. The van der Waals surface area contributed by atoms with E-state index in [9.17, 15) is 9.59 Å². The van der Waals surface area contributed by atoms with E-state index in [1.165, 1.54) is 23.6 Å². The lowest BCUT2D eigenvalue weighted by Gasteiger charge is -2.10. The normalized spacial score (nSPS) is 11.1. The number of anilines is 1. The summed E-state index contributed by atoms with van der Waals surface area (Å²) in [5.41, 5.74) is 0. The van der Waals surface area contributed by atoms with E-state index in [0.29, 0.717) is 10.0 Å². The zero-order chi connectivity index (χ0) is 13.5. The van der Waals surface area contributed by atoms with E-state index < -0.39 is 5.97 Å². The molecule has 0 unspecified atom stereocenters. The van der Waals surface area contributed by atoms with Crippen LogP contribution in [0.25, 0.3) is 6.08 Å². The van der Waals surface area contributed by atoms with Gasteiger partial charge in [0.05, 0.1) is 0 Å². The fourth-order valence-corrected chi connectivity index (χ4v) is 2.16. The lowest BCUT2D eigenvalue weighted by molar-refractivity contribution is -0.131. The molecular weight excluding hydrogens is 252 g/mol. The van der Waals surface area contributed by atoms with Crippen LogP contribution in [0.5, 0.6) is 0 Å². The van der Waals surface area contributed by atoms with Crippen molar-refractivity contribution in [3.63, 3.8) is 0 Å². The zero-order valence-corrected chi connectivity index (χ0v) is 11.2. The molecule has 0 aliphatic carbocycles. The number of amides is 1. The Bertz CT molecular complexity index is 450. The summed E-state index contributed by atoms with van der Waals surface area (Å²) >= 11 is 1.25. The van der Waals surface area contributed by atoms with Gasteiger partial charge in [0.25, 0.3) is 0 Å². The van der Waals surface area contributed by atoms with Crippen molar-refractivity contribution in [3.05, 3.63) is 17.2 Å². The van der Waals surface area contributed by atoms with Gasteiger partial charge < -0.3 is 10.4 Å². The summed E-state index contributed by atoms with van der Waals surface area (Å²) in [5, 5.41) is 11.7. The van der Waals surface area contributed by atoms with Crippen molar-refractivity contribution in [2.75, 3.05) is 5.32 Å². The van der Waals surface area contributed by atoms with Gasteiger partial charge in [0.15, 0.2) is 5.13 Å². The molecule has 1 rings (SSSR count). The Labute approximate surface area is 110 Å². The Morgan fingerprint density at radius 3 is 2.72 bits per heavy atom. The first-order chi connectivity index (χ1) is 8.56. The Morgan fingerprint density at radius 2 is 2.17 bits per heavy atom. The fourth-order valence-electron chi connectivity index (χ4n) is 1.44. The minimum Gasteiger partial charge on any atom is -0.478 e. The van der Waals surface area contributed by atoms with E-state index >= 15 is 0 Å². The Balaban J connectivity index is 2.64. The third kappa shape index (κ3) is 4.29. The predicted molar refractivity (Wildman–Crippen MR) is 71.5 cm³/mol. The van der Waals surface area contributed by atoms with Crippen molar-refractivity contribution < 1.29 is 14.7 Å². The number of carboxylic acid groups (broad SMARTS) is 1. The van der Waals surface area contributed by atoms with Crippen LogP contribution in [0.15, 0.2) is 12.3 Å². The molecule has 2 N–H and O–H groups in total. The molecule has 0 radical (unpaired) electrons. The molecule has 1 aromatic heterocycles. The number of carbonyl (C=O) groups excluding carboxylic acids is 1. The van der Waals surface area contributed by atoms with Crippen LogP contribution in [0.4, 0.5) is 5.13 Å². The number of hydrogen-bond acceptors (Lipinski definition) is 4. The maximum atomic E-state index is 11.8. The highest BCUT2D eigenvalue weighted by molar-refractivity contribution is 7.16. The average molecular weight is 268 g/mol. The molecule has 0 saturated heterocycles. The minimum atomic E-state index is -1.01. The molecule has 0 aliphatic heterocycles. The lowest BCUT2D eigenvalue weighted by atomic mass is 10.0. The first-order valence-electron chi connectivity index (χ1n) is 5.74. The van der Waals surface area contributed by atoms with Crippen LogP contribution in [0.3, 0.4) is 0 Å². The van der Waals surface area contributed by atoms with Gasteiger partial charge in [0.2, 0.25) is 5.91 Å². The van der Waals surface area contributed by atoms with Crippen molar-refractivity contribution in [3.8, 4) is 0 Å². The summed E-state index contributed by atoms with van der Waals surface area (Å²) in [6.45, 7) is 3.94. The number of aliphatic carboxylic acids is 1. The second-order valence-corrected chi connectivity index (χ2v) is 4.80. The van der Waals surface area contributed by atoms with Gasteiger partial charge in [-0.15, -0.1) is 0 Å². The Hall–Kier alpha value is -1.69. The van der Waals surface area contributed by atoms with Gasteiger partial charge in [0, 0.05) is 23.1 Å². The summed E-state index contributed by atoms with van der Waals surface area (Å²) in [7, 11) is 0. The smallest absolute Gasteiger partial charge is 0.328 e. The molecule has 0 saturated carbocycles. The van der Waals surface area contributed by atoms with Gasteiger partial charge >= 0.3 is 5.97 Å². The van der Waals surface area contributed by atoms with Crippen LogP contribution in [-0.4, -0.2) is 22.0 Å². The standard InChI is InChI=1S/C12H16N2O3S/c1-3-8(4-2)11(17)14-12-13-7-9(18-12)5-6-10(15)16/h5-8H,3-4H2,1-2H3,(H,15,16)(H,13,14,17). The molecule has 0 bridgehead atoms. The molecule has 5 nitrogen and oxygen atoms in total. The number of thiazole rings is 1. The molecule has 98 valence electrons. The quantitative estimate of drug-likeness (QED) is 0.777. The number of carbonyl (C=O) groups is 2. The van der Waals surface area contributed by atoms with E-state index in [4.69, 9.17) is 5.11 Å². The van der Waals surface area contributed by atoms with Crippen molar-refractivity contribution >= 4 is 34.4 Å². The molecule has 0 atom stereocenters. The highest BCUT2D eigenvalue weighted by atomic mass is 32.1. The summed E-state index contributed by atoms with van der Waals surface area (Å²) in [5.74, 6) is -1.05. The molecule has 0 fully saturated rings. The van der Waals surface area contributed by atoms with E-state index in [2.05, 4.69) is 10.3 Å². The van der Waals surface area contributed by atoms with Gasteiger partial charge in [-0.2, -0.15) is 0 Å². The van der Waals surface area contributed by atoms with Gasteiger partial charge in [0.1, 0.15) is 0 Å². The molecule has 1 heterocycles. The largest absolute Gasteiger partial charge is 0.478 e. The number of nitrogens with zero attached hydrogens (tertiary/aromatic N) is 1. The SMILES string of the molecule is CCC(CC)C(=O)Nc1ncc(C=CC(=O)O)s1. The summed E-state index contributed by atoms with van der Waals surface area (Å²) in [6.07, 6.45) is 5.61. The first-order valence-corrected chi connectivity index (χ1v) is 6.56. The summed E-state index contributed by atoms with van der Waals surface area (Å²) in [6, 6.07) is 0. The second kappa shape index (κ2) is 6.90. The Kier molecular flexibility index (Phi) is 5.51. The fraction of sp³-hybridized carbons (Fsp3) is 0.417. The van der Waals surface area contributed by atoms with Crippen LogP contribution in [-0.2, 0) is 9.59 Å². The number of nitrogens with one attached hydrogen (secondary N) is 1. The number of rotatable bonds is 6. The van der Waals surface area contributed by atoms with Crippen LogP contribution in [0.2, 0.25) is 0 Å². The molecule has 0 spiro atoms. The van der Waals surface area contributed by atoms with Crippen molar-refractivity contribution in [2.24, 2.45) is 5.92 Å². The highest BCUT2D eigenvalue weighted by Crippen LogP contribution is 2.21. The van der Waals surface area contributed by atoms with Crippen molar-refractivity contribution in [1.82, 2.24) is 4.98 Å². The third-order valence-corrected chi connectivity index (χ3v) is 3.38. The van der Waals surface area contributed by atoms with Gasteiger partial charge in [-0.25, -0.2) is 9.78 Å². The van der Waals surface area contributed by atoms with E-state index in [1.807, 2.05) is 13.8 Å². The van der Waals surface area contributed by atoms with Crippen LogP contribution in [0.1, 0.15) is 31.6 Å². The molecule has 0 aliphatic rings. The first kappa shape index (κ1) is 14.4. The van der Waals surface area contributed by atoms with Crippen molar-refractivity contribution in [2.45, 2.75) is 26.7 Å². The summed E-state index contributed by atoms with van der Waals surface area (Å²) < 4.78 is 0. The van der Waals surface area contributed by atoms with E-state index in [1.54, 1.807) is 0 Å². The van der Waals surface area contributed by atoms with Gasteiger partial charge in [-0.05, 0) is 18.9 Å². The number of aromatic nitrogens is 1. The van der Waals surface area contributed by atoms with Crippen molar-refractivity contribution in [1.29, 1.82) is 0 Å². The van der Waals surface area contributed by atoms with Gasteiger partial charge in [-0.1, -0.05) is 25.2 Å². The molecule has 1 aromatic rings. The van der Waals surface area contributed by atoms with Gasteiger partial charge in [-0.3, -0.25) is 4.79 Å². The zero-order valence-electron chi connectivity index (χ0n) is 10.3. The van der Waals surface area contributed by atoms with E-state index in [-0.39, 0.29) is 11.8 Å². The number of hydrogen-bond donors (Lipinski definition) is 2. The monoisotopic (exact) mass is 268 g/mol. The molecule has 0 aromatic carbocycles. The van der Waals surface area contributed by atoms with E-state index in [0.717, 1.165) is 18.9 Å². The molecular formula is C12H16N2O3S. The maximum absolute atomic E-state index is 11.8. The second-order valence-electron chi connectivity index (χ2n) is 3.74. The van der Waals surface area contributed by atoms with Crippen LogP contribution in [0, 0.1) is 5.92 Å². The Morgan fingerprint density at radius 1 is 1.50 bits per heavy atom. The topological polar surface area (TPSA) is 79.3 Å². The molecule has 1 amide bonds. The third-order valence-electron chi connectivity index (χ3n) is 2.50. The van der Waals surface area contributed by atoms with Crippen LogP contribution >= 0.6 is 11.3 Å². The molecule has 6 heteroatoms. The minimum absolute atomic E-state index is 0.00749. The predicted octanol–water partition coefficient (Wildman–Crippen LogP) is 2.62. The number of carboxylic acids is 1.